The maximum absolute atomic E-state index is 10.9. The molecule has 1 aromatic rings. The smallest absolute Gasteiger partial charge is 0.434 e. The third kappa shape index (κ3) is 4.74. The number of esters is 2. The van der Waals surface area contributed by atoms with Gasteiger partial charge in [0.2, 0.25) is 0 Å². The minimum atomic E-state index is -0.811. The highest BCUT2D eigenvalue weighted by Crippen LogP contribution is 2.10. The van der Waals surface area contributed by atoms with Crippen molar-refractivity contribution in [3.63, 3.8) is 0 Å². The Balaban J connectivity index is 2.75. The van der Waals surface area contributed by atoms with E-state index in [1.54, 1.807) is 0 Å². The molecule has 104 valence electrons. The number of nitro groups is 1. The summed E-state index contributed by atoms with van der Waals surface area (Å²) in [6.45, 7) is 2.21. The fourth-order valence-electron chi connectivity index (χ4n) is 1.40. The largest absolute Gasteiger partial charge is 0.462 e. The van der Waals surface area contributed by atoms with E-state index in [1.807, 2.05) is 0 Å². The molecule has 1 heterocycles. The monoisotopic (exact) mass is 271 g/mol. The lowest BCUT2D eigenvalue weighted by Gasteiger charge is -2.15. The number of hydrogen-bond donors (Lipinski definition) is 0. The van der Waals surface area contributed by atoms with E-state index >= 15 is 0 Å². The van der Waals surface area contributed by atoms with Crippen molar-refractivity contribution in [2.75, 3.05) is 6.61 Å². The Morgan fingerprint density at radius 2 is 2.16 bits per heavy atom. The second kappa shape index (κ2) is 6.47. The van der Waals surface area contributed by atoms with Crippen molar-refractivity contribution in [3.8, 4) is 0 Å². The van der Waals surface area contributed by atoms with Crippen LogP contribution in [0.25, 0.3) is 0 Å². The average molecular weight is 271 g/mol. The number of aromatic nitrogens is 2. The molecular formula is C10H13N3O6. The summed E-state index contributed by atoms with van der Waals surface area (Å²) in [4.78, 5) is 35.2. The number of carbonyl (C=O) groups is 2. The van der Waals surface area contributed by atoms with Crippen molar-refractivity contribution >= 4 is 17.9 Å². The molecule has 0 aliphatic carbocycles. The molecule has 0 N–H and O–H groups in total. The van der Waals surface area contributed by atoms with Crippen LogP contribution in [0, 0.1) is 10.1 Å². The first-order valence-electron chi connectivity index (χ1n) is 5.36. The summed E-state index contributed by atoms with van der Waals surface area (Å²) in [6.07, 6.45) is 1.83. The van der Waals surface area contributed by atoms with Crippen LogP contribution in [0.5, 0.6) is 0 Å². The summed E-state index contributed by atoms with van der Waals surface area (Å²) >= 11 is 0. The van der Waals surface area contributed by atoms with Crippen molar-refractivity contribution in [3.05, 3.63) is 22.5 Å². The number of nitrogens with zero attached hydrogens (tertiary/aromatic N) is 3. The number of ether oxygens (including phenoxy) is 2. The zero-order chi connectivity index (χ0) is 14.4. The van der Waals surface area contributed by atoms with Gasteiger partial charge in [-0.3, -0.25) is 9.59 Å². The van der Waals surface area contributed by atoms with Crippen molar-refractivity contribution < 1.29 is 24.0 Å². The van der Waals surface area contributed by atoms with Crippen LogP contribution in [0.2, 0.25) is 0 Å². The molecule has 19 heavy (non-hydrogen) atoms. The van der Waals surface area contributed by atoms with Gasteiger partial charge in [0.15, 0.2) is 6.10 Å². The van der Waals surface area contributed by atoms with E-state index in [4.69, 9.17) is 9.47 Å². The molecule has 9 nitrogen and oxygen atoms in total. The molecule has 0 aliphatic rings. The van der Waals surface area contributed by atoms with Gasteiger partial charge >= 0.3 is 17.9 Å². The minimum absolute atomic E-state index is 0.0246. The highest BCUT2D eigenvalue weighted by Gasteiger charge is 2.21. The van der Waals surface area contributed by atoms with Gasteiger partial charge in [-0.1, -0.05) is 4.98 Å². The standard InChI is InChI=1S/C10H13N3O6/c1-7(14)18-6-9(19-8(2)15)5-12-4-3-11-10(12)13(16)17/h3-4,9H,5-6H2,1-2H3. The highest BCUT2D eigenvalue weighted by molar-refractivity contribution is 5.67. The first kappa shape index (κ1) is 14.6. The summed E-state index contributed by atoms with van der Waals surface area (Å²) < 4.78 is 10.9. The summed E-state index contributed by atoms with van der Waals surface area (Å²) in [7, 11) is 0. The second-order valence-corrected chi connectivity index (χ2v) is 3.67. The Morgan fingerprint density at radius 1 is 1.47 bits per heavy atom. The van der Waals surface area contributed by atoms with Crippen molar-refractivity contribution in [2.24, 2.45) is 0 Å². The summed E-state index contributed by atoms with van der Waals surface area (Å²) in [5.74, 6) is -1.47. The predicted octanol–water partition coefficient (Wildman–Crippen LogP) is 0.286. The molecule has 9 heteroatoms. The summed E-state index contributed by atoms with van der Waals surface area (Å²) in [5, 5.41) is 10.7. The number of carbonyl (C=O) groups excluding carboxylic acids is 2. The van der Waals surface area contributed by atoms with E-state index in [9.17, 15) is 19.7 Å². The van der Waals surface area contributed by atoms with E-state index in [0.29, 0.717) is 0 Å². The van der Waals surface area contributed by atoms with E-state index in [0.717, 1.165) is 0 Å². The maximum Gasteiger partial charge on any atom is 0.434 e. The lowest BCUT2D eigenvalue weighted by Crippen LogP contribution is -2.28. The molecule has 0 spiro atoms. The Morgan fingerprint density at radius 3 is 2.68 bits per heavy atom. The zero-order valence-corrected chi connectivity index (χ0v) is 10.4. The van der Waals surface area contributed by atoms with Crippen molar-refractivity contribution in [1.82, 2.24) is 9.55 Å². The molecule has 1 rings (SSSR count). The molecule has 0 amide bonds. The molecule has 0 saturated carbocycles. The van der Waals surface area contributed by atoms with Crippen LogP contribution in [0.15, 0.2) is 12.4 Å². The molecule has 0 aliphatic heterocycles. The van der Waals surface area contributed by atoms with Gasteiger partial charge in [-0.05, 0) is 4.92 Å². The van der Waals surface area contributed by atoms with Gasteiger partial charge in [0, 0.05) is 13.8 Å². The number of rotatable bonds is 6. The fourth-order valence-corrected chi connectivity index (χ4v) is 1.40. The number of hydrogen-bond acceptors (Lipinski definition) is 7. The number of imidazole rings is 1. The zero-order valence-electron chi connectivity index (χ0n) is 10.4. The normalized spacial score (nSPS) is 11.7. The van der Waals surface area contributed by atoms with Crippen LogP contribution >= 0.6 is 0 Å². The SMILES string of the molecule is CC(=O)OCC(Cn1ccnc1[N+](=O)[O-])OC(C)=O. The Bertz CT molecular complexity index is 483. The topological polar surface area (TPSA) is 114 Å². The fraction of sp³-hybridized carbons (Fsp3) is 0.500. The molecule has 0 fully saturated rings. The van der Waals surface area contributed by atoms with Gasteiger partial charge < -0.3 is 19.6 Å². The van der Waals surface area contributed by atoms with E-state index in [-0.39, 0.29) is 19.1 Å². The van der Waals surface area contributed by atoms with Crippen LogP contribution in [0.3, 0.4) is 0 Å². The van der Waals surface area contributed by atoms with Gasteiger partial charge in [0.05, 0.1) is 0 Å². The van der Waals surface area contributed by atoms with Gasteiger partial charge in [-0.15, -0.1) is 0 Å². The van der Waals surface area contributed by atoms with Gasteiger partial charge in [0.25, 0.3) is 0 Å². The third-order valence-corrected chi connectivity index (χ3v) is 2.06. The quantitative estimate of drug-likeness (QED) is 0.415. The molecule has 0 aromatic carbocycles. The predicted molar refractivity (Wildman–Crippen MR) is 61.1 cm³/mol. The van der Waals surface area contributed by atoms with Gasteiger partial charge in [-0.25, -0.2) is 4.57 Å². The first-order valence-corrected chi connectivity index (χ1v) is 5.36. The third-order valence-electron chi connectivity index (χ3n) is 2.06. The maximum atomic E-state index is 10.9. The van der Waals surface area contributed by atoms with Crippen molar-refractivity contribution in [1.29, 1.82) is 0 Å². The van der Waals surface area contributed by atoms with E-state index in [2.05, 4.69) is 4.98 Å². The molecule has 0 bridgehead atoms. The lowest BCUT2D eigenvalue weighted by molar-refractivity contribution is -0.397. The van der Waals surface area contributed by atoms with Gasteiger partial charge in [-0.2, -0.15) is 0 Å². The van der Waals surface area contributed by atoms with E-state index < -0.39 is 23.0 Å². The first-order chi connectivity index (χ1) is 8.90. The van der Waals surface area contributed by atoms with Crippen LogP contribution < -0.4 is 0 Å². The molecule has 1 aromatic heterocycles. The minimum Gasteiger partial charge on any atom is -0.462 e. The Kier molecular flexibility index (Phi) is 4.98. The second-order valence-electron chi connectivity index (χ2n) is 3.67. The highest BCUT2D eigenvalue weighted by atomic mass is 16.6. The average Bonchev–Trinajstić information content (AvgIpc) is 2.73. The summed E-state index contributed by atoms with van der Waals surface area (Å²) in [6, 6.07) is 0. The lowest BCUT2D eigenvalue weighted by atomic mass is 10.3. The van der Waals surface area contributed by atoms with Crippen LogP contribution in [-0.4, -0.2) is 39.1 Å². The van der Waals surface area contributed by atoms with Crippen molar-refractivity contribution in [2.45, 2.75) is 26.5 Å². The van der Waals surface area contributed by atoms with Crippen LogP contribution in [0.1, 0.15) is 13.8 Å². The molecule has 1 atom stereocenters. The molecular weight excluding hydrogens is 258 g/mol. The summed E-state index contributed by atoms with van der Waals surface area (Å²) in [5.41, 5.74) is 0. The van der Waals surface area contributed by atoms with E-state index in [1.165, 1.54) is 30.8 Å². The Labute approximate surface area is 108 Å². The Hall–Kier alpha value is -2.45. The molecule has 0 saturated heterocycles. The van der Waals surface area contributed by atoms with Crippen LogP contribution in [-0.2, 0) is 25.6 Å². The van der Waals surface area contributed by atoms with Gasteiger partial charge in [0.1, 0.15) is 25.5 Å². The molecule has 1 unspecified atom stereocenters. The molecule has 0 radical (unpaired) electrons. The van der Waals surface area contributed by atoms with Crippen LogP contribution in [0.4, 0.5) is 5.95 Å².